The maximum atomic E-state index is 13.0. The van der Waals surface area contributed by atoms with Crippen LogP contribution in [0.4, 0.5) is 11.4 Å². The maximum absolute atomic E-state index is 13.0. The van der Waals surface area contributed by atoms with Crippen LogP contribution in [-0.2, 0) is 5.41 Å². The first-order valence-electron chi connectivity index (χ1n) is 9.31. The van der Waals surface area contributed by atoms with Crippen LogP contribution in [0.15, 0.2) is 71.9 Å². The molecule has 0 fully saturated rings. The van der Waals surface area contributed by atoms with Crippen molar-refractivity contribution >= 4 is 35.1 Å². The molecule has 0 saturated carbocycles. The molecule has 2 amide bonds. The van der Waals surface area contributed by atoms with Crippen molar-refractivity contribution in [1.82, 2.24) is 4.98 Å². The van der Waals surface area contributed by atoms with Crippen molar-refractivity contribution in [3.8, 4) is 0 Å². The van der Waals surface area contributed by atoms with E-state index < -0.39 is 0 Å². The molecule has 0 atom stereocenters. The summed E-state index contributed by atoms with van der Waals surface area (Å²) in [4.78, 5) is 32.0. The molecular formula is C23H21N3O2S. The molecule has 0 bridgehead atoms. The zero-order chi connectivity index (χ0) is 20.6. The van der Waals surface area contributed by atoms with Gasteiger partial charge in [0.2, 0.25) is 0 Å². The Hall–Kier alpha value is -3.12. The summed E-state index contributed by atoms with van der Waals surface area (Å²) in [6.07, 6.45) is 3.12. The minimum atomic E-state index is -0.343. The Morgan fingerprint density at radius 2 is 1.69 bits per heavy atom. The Balaban J connectivity index is 1.58. The van der Waals surface area contributed by atoms with Crippen molar-refractivity contribution in [2.24, 2.45) is 0 Å². The van der Waals surface area contributed by atoms with E-state index in [0.717, 1.165) is 4.90 Å². The topological polar surface area (TPSA) is 62.3 Å². The molecule has 0 radical (unpaired) electrons. The average molecular weight is 404 g/mol. The first kappa shape index (κ1) is 19.2. The molecule has 29 heavy (non-hydrogen) atoms. The van der Waals surface area contributed by atoms with Crippen molar-refractivity contribution in [3.05, 3.63) is 83.7 Å². The average Bonchev–Trinajstić information content (AvgIpc) is 2.97. The second-order valence-corrected chi connectivity index (χ2v) is 8.74. The molecule has 2 heterocycles. The quantitative estimate of drug-likeness (QED) is 0.473. The Morgan fingerprint density at radius 3 is 2.34 bits per heavy atom. The van der Waals surface area contributed by atoms with Gasteiger partial charge in [0.15, 0.2) is 0 Å². The van der Waals surface area contributed by atoms with Crippen LogP contribution in [-0.4, -0.2) is 16.8 Å². The molecular weight excluding hydrogens is 382 g/mol. The highest BCUT2D eigenvalue weighted by molar-refractivity contribution is 8.00. The van der Waals surface area contributed by atoms with Crippen LogP contribution in [0.2, 0.25) is 0 Å². The second kappa shape index (κ2) is 7.37. The summed E-state index contributed by atoms with van der Waals surface area (Å²) in [5, 5.41) is 0. The van der Waals surface area contributed by atoms with Crippen LogP contribution in [0, 0.1) is 0 Å². The van der Waals surface area contributed by atoms with Gasteiger partial charge in [0.25, 0.3) is 11.8 Å². The van der Waals surface area contributed by atoms with Gasteiger partial charge in [-0.3, -0.25) is 14.6 Å². The molecule has 5 nitrogen and oxygen atoms in total. The van der Waals surface area contributed by atoms with Gasteiger partial charge < -0.3 is 4.72 Å². The molecule has 1 N–H and O–H groups in total. The van der Waals surface area contributed by atoms with Crippen molar-refractivity contribution in [2.75, 3.05) is 9.62 Å². The molecule has 0 unspecified atom stereocenters. The Bertz CT molecular complexity index is 1070. The monoisotopic (exact) mass is 403 g/mol. The van der Waals surface area contributed by atoms with Gasteiger partial charge in [0, 0.05) is 11.1 Å². The lowest BCUT2D eigenvalue weighted by molar-refractivity contribution is 0.0926. The van der Waals surface area contributed by atoms with E-state index in [2.05, 4.69) is 54.7 Å². The van der Waals surface area contributed by atoms with E-state index in [1.807, 2.05) is 6.07 Å². The van der Waals surface area contributed by atoms with Crippen LogP contribution in [0.3, 0.4) is 0 Å². The van der Waals surface area contributed by atoms with Gasteiger partial charge in [-0.15, -0.1) is 0 Å². The maximum Gasteiger partial charge on any atom is 0.268 e. The fraction of sp³-hybridized carbons (Fsp3) is 0.174. The predicted molar refractivity (Wildman–Crippen MR) is 116 cm³/mol. The summed E-state index contributed by atoms with van der Waals surface area (Å²) in [6, 6.07) is 17.0. The number of anilines is 2. The standard InChI is InChI=1S/C23H21N3O2S/c1-23(2,3)15-9-11-17(12-10-15)29-25-19-8-4-7-18-20(19)22(28)26(21(18)27)16-6-5-13-24-14-16/h4-14,25H,1-3H3. The fourth-order valence-electron chi connectivity index (χ4n) is 3.23. The van der Waals surface area contributed by atoms with Gasteiger partial charge in [-0.25, -0.2) is 4.90 Å². The molecule has 6 heteroatoms. The first-order chi connectivity index (χ1) is 13.9. The molecule has 146 valence electrons. The van der Waals surface area contributed by atoms with Gasteiger partial charge in [-0.2, -0.15) is 0 Å². The minimum absolute atomic E-state index is 0.0966. The third-order valence-electron chi connectivity index (χ3n) is 4.82. The van der Waals surface area contributed by atoms with E-state index in [1.165, 1.54) is 28.6 Å². The van der Waals surface area contributed by atoms with E-state index >= 15 is 0 Å². The zero-order valence-electron chi connectivity index (χ0n) is 16.5. The number of carbonyl (C=O) groups is 2. The molecule has 1 aliphatic heterocycles. The largest absolute Gasteiger partial charge is 0.325 e. The number of rotatable bonds is 4. The van der Waals surface area contributed by atoms with Crippen molar-refractivity contribution < 1.29 is 9.59 Å². The number of nitrogens with zero attached hydrogens (tertiary/aromatic N) is 2. The number of hydrogen-bond acceptors (Lipinski definition) is 5. The molecule has 1 aromatic heterocycles. The van der Waals surface area contributed by atoms with Gasteiger partial charge in [0.05, 0.1) is 28.7 Å². The van der Waals surface area contributed by atoms with Crippen LogP contribution in [0.1, 0.15) is 47.1 Å². The van der Waals surface area contributed by atoms with E-state index in [1.54, 1.807) is 30.5 Å². The fourth-order valence-corrected chi connectivity index (χ4v) is 3.90. The Kier molecular flexibility index (Phi) is 4.88. The number of nitrogens with one attached hydrogen (secondary N) is 1. The Morgan fingerprint density at radius 1 is 0.931 bits per heavy atom. The zero-order valence-corrected chi connectivity index (χ0v) is 17.3. The number of fused-ring (bicyclic) bond motifs is 1. The van der Waals surface area contributed by atoms with Crippen LogP contribution in [0.25, 0.3) is 0 Å². The SMILES string of the molecule is CC(C)(C)c1ccc(SNc2cccc3c2C(=O)N(c2cccnc2)C3=O)cc1. The molecule has 2 aromatic carbocycles. The third-order valence-corrected chi connectivity index (χ3v) is 5.65. The number of pyridine rings is 1. The number of aromatic nitrogens is 1. The lowest BCUT2D eigenvalue weighted by Crippen LogP contribution is -2.29. The Labute approximate surface area is 174 Å². The van der Waals surface area contributed by atoms with Crippen LogP contribution in [0.5, 0.6) is 0 Å². The van der Waals surface area contributed by atoms with E-state index in [4.69, 9.17) is 0 Å². The minimum Gasteiger partial charge on any atom is -0.325 e. The smallest absolute Gasteiger partial charge is 0.268 e. The van der Waals surface area contributed by atoms with Crippen molar-refractivity contribution in [2.45, 2.75) is 31.1 Å². The molecule has 0 spiro atoms. The van der Waals surface area contributed by atoms with Gasteiger partial charge >= 0.3 is 0 Å². The first-order valence-corrected chi connectivity index (χ1v) is 10.1. The van der Waals surface area contributed by atoms with Crippen LogP contribution < -0.4 is 9.62 Å². The van der Waals surface area contributed by atoms with Gasteiger partial charge in [-0.1, -0.05) is 39.0 Å². The van der Waals surface area contributed by atoms with Gasteiger partial charge in [0.1, 0.15) is 0 Å². The summed E-state index contributed by atoms with van der Waals surface area (Å²) < 4.78 is 3.24. The normalized spacial score (nSPS) is 13.6. The third kappa shape index (κ3) is 3.63. The van der Waals surface area contributed by atoms with Crippen LogP contribution >= 0.6 is 11.9 Å². The number of imide groups is 1. The number of amides is 2. The predicted octanol–water partition coefficient (Wildman–Crippen LogP) is 5.30. The van der Waals surface area contributed by atoms with E-state index in [9.17, 15) is 9.59 Å². The highest BCUT2D eigenvalue weighted by Crippen LogP contribution is 2.34. The second-order valence-electron chi connectivity index (χ2n) is 7.86. The molecule has 0 saturated heterocycles. The van der Waals surface area contributed by atoms with Gasteiger partial charge in [-0.05, 0) is 59.3 Å². The molecule has 4 rings (SSSR count). The summed E-state index contributed by atoms with van der Waals surface area (Å²) in [6.45, 7) is 6.53. The van der Waals surface area contributed by atoms with E-state index in [0.29, 0.717) is 22.5 Å². The van der Waals surface area contributed by atoms with E-state index in [-0.39, 0.29) is 17.2 Å². The number of carbonyl (C=O) groups excluding carboxylic acids is 2. The summed E-state index contributed by atoms with van der Waals surface area (Å²) in [5.74, 6) is -0.675. The number of benzene rings is 2. The highest BCUT2D eigenvalue weighted by Gasteiger charge is 2.38. The lowest BCUT2D eigenvalue weighted by Gasteiger charge is -2.19. The van der Waals surface area contributed by atoms with Crippen molar-refractivity contribution in [1.29, 1.82) is 0 Å². The van der Waals surface area contributed by atoms with Crippen molar-refractivity contribution in [3.63, 3.8) is 0 Å². The highest BCUT2D eigenvalue weighted by atomic mass is 32.2. The molecule has 0 aliphatic carbocycles. The summed E-state index contributed by atoms with van der Waals surface area (Å²) in [5.41, 5.74) is 3.23. The molecule has 3 aromatic rings. The summed E-state index contributed by atoms with van der Waals surface area (Å²) in [7, 11) is 0. The summed E-state index contributed by atoms with van der Waals surface area (Å²) >= 11 is 1.41. The number of hydrogen-bond donors (Lipinski definition) is 1. The lowest BCUT2D eigenvalue weighted by atomic mass is 9.87. The molecule has 1 aliphatic rings.